The van der Waals surface area contributed by atoms with Gasteiger partial charge in [-0.2, -0.15) is 0 Å². The van der Waals surface area contributed by atoms with Crippen LogP contribution in [0.15, 0.2) is 0 Å². The predicted octanol–water partition coefficient (Wildman–Crippen LogP) is 1.72. The Labute approximate surface area is 93.4 Å². The first kappa shape index (κ1) is 10.1. The van der Waals surface area contributed by atoms with E-state index in [1.807, 2.05) is 0 Å². The van der Waals surface area contributed by atoms with Crippen molar-refractivity contribution in [3.63, 3.8) is 0 Å². The van der Waals surface area contributed by atoms with Crippen molar-refractivity contribution in [2.24, 2.45) is 17.8 Å². The molecule has 15 heavy (non-hydrogen) atoms. The summed E-state index contributed by atoms with van der Waals surface area (Å²) in [6, 6.07) is 0. The molecule has 0 aliphatic carbocycles. The maximum absolute atomic E-state index is 3.51. The van der Waals surface area contributed by atoms with Gasteiger partial charge >= 0.3 is 0 Å². The van der Waals surface area contributed by atoms with E-state index in [0.29, 0.717) is 0 Å². The van der Waals surface area contributed by atoms with Gasteiger partial charge in [0.2, 0.25) is 0 Å². The Kier molecular flexibility index (Phi) is 2.98. The summed E-state index contributed by atoms with van der Waals surface area (Å²) in [6.45, 7) is 6.77. The Morgan fingerprint density at radius 1 is 1.13 bits per heavy atom. The molecule has 3 heterocycles. The second kappa shape index (κ2) is 4.42. The molecule has 3 aliphatic rings. The molecule has 1 N–H and O–H groups in total. The molecule has 3 saturated heterocycles. The van der Waals surface area contributed by atoms with Gasteiger partial charge in [0, 0.05) is 6.54 Å². The number of hydrogen-bond acceptors (Lipinski definition) is 2. The summed E-state index contributed by atoms with van der Waals surface area (Å²) in [4.78, 5) is 2.69. The Balaban J connectivity index is 1.56. The highest BCUT2D eigenvalue weighted by Gasteiger charge is 2.33. The second-order valence-corrected chi connectivity index (χ2v) is 5.85. The zero-order valence-corrected chi connectivity index (χ0v) is 9.75. The van der Waals surface area contributed by atoms with Crippen LogP contribution in [0.5, 0.6) is 0 Å². The maximum atomic E-state index is 3.51. The molecule has 0 spiro atoms. The molecule has 0 saturated carbocycles. The molecule has 2 heteroatoms. The summed E-state index contributed by atoms with van der Waals surface area (Å²) in [5.74, 6) is 3.11. The van der Waals surface area contributed by atoms with Crippen LogP contribution in [-0.2, 0) is 0 Å². The minimum Gasteiger partial charge on any atom is -0.316 e. The standard InChI is InChI=1S/C13H24N2/c1-2-13-10-15(6-1)7-4-12(13)8-11-3-5-14-9-11/h11-14H,1-10H2. The van der Waals surface area contributed by atoms with Gasteiger partial charge in [-0.25, -0.2) is 0 Å². The summed E-state index contributed by atoms with van der Waals surface area (Å²) >= 11 is 0. The van der Waals surface area contributed by atoms with E-state index >= 15 is 0 Å². The van der Waals surface area contributed by atoms with E-state index in [1.54, 1.807) is 0 Å². The molecule has 86 valence electrons. The summed E-state index contributed by atoms with van der Waals surface area (Å²) in [7, 11) is 0. The van der Waals surface area contributed by atoms with Crippen molar-refractivity contribution >= 4 is 0 Å². The van der Waals surface area contributed by atoms with Crippen LogP contribution in [0.4, 0.5) is 0 Å². The highest BCUT2D eigenvalue weighted by molar-refractivity contribution is 4.86. The van der Waals surface area contributed by atoms with E-state index < -0.39 is 0 Å². The van der Waals surface area contributed by atoms with Crippen LogP contribution in [0.3, 0.4) is 0 Å². The van der Waals surface area contributed by atoms with Crippen molar-refractivity contribution in [3.05, 3.63) is 0 Å². The molecular formula is C13H24N2. The Hall–Kier alpha value is -0.0800. The van der Waals surface area contributed by atoms with Crippen LogP contribution in [0.25, 0.3) is 0 Å². The van der Waals surface area contributed by atoms with Gasteiger partial charge in [-0.3, -0.25) is 0 Å². The van der Waals surface area contributed by atoms with E-state index in [1.165, 1.54) is 64.8 Å². The average Bonchev–Trinajstić information content (AvgIpc) is 2.76. The number of rotatable bonds is 2. The molecule has 3 rings (SSSR count). The molecule has 2 nitrogen and oxygen atoms in total. The summed E-state index contributed by atoms with van der Waals surface area (Å²) in [5, 5.41) is 3.51. The molecule has 4 unspecified atom stereocenters. The molecule has 0 aromatic carbocycles. The number of fused-ring (bicyclic) bond motifs is 2. The van der Waals surface area contributed by atoms with Gasteiger partial charge in [-0.15, -0.1) is 0 Å². The van der Waals surface area contributed by atoms with Crippen molar-refractivity contribution in [3.8, 4) is 0 Å². The van der Waals surface area contributed by atoms with Crippen LogP contribution >= 0.6 is 0 Å². The van der Waals surface area contributed by atoms with Crippen LogP contribution in [0.1, 0.15) is 32.1 Å². The number of nitrogens with one attached hydrogen (secondary N) is 1. The van der Waals surface area contributed by atoms with Gasteiger partial charge in [0.25, 0.3) is 0 Å². The zero-order valence-electron chi connectivity index (χ0n) is 9.75. The SMILES string of the molecule is C1CC2CN(C1)CCC2CC1CCNC1. The van der Waals surface area contributed by atoms with E-state index in [9.17, 15) is 0 Å². The molecule has 3 aliphatic heterocycles. The van der Waals surface area contributed by atoms with Gasteiger partial charge in [0.05, 0.1) is 0 Å². The van der Waals surface area contributed by atoms with Crippen LogP contribution in [0.2, 0.25) is 0 Å². The van der Waals surface area contributed by atoms with Crippen molar-refractivity contribution in [1.82, 2.24) is 10.2 Å². The van der Waals surface area contributed by atoms with Gasteiger partial charge in [0.15, 0.2) is 0 Å². The smallest absolute Gasteiger partial charge is 0.00123 e. The normalized spacial score (nSPS) is 45.6. The van der Waals surface area contributed by atoms with Crippen molar-refractivity contribution in [1.29, 1.82) is 0 Å². The fourth-order valence-electron chi connectivity index (χ4n) is 3.92. The quantitative estimate of drug-likeness (QED) is 0.743. The number of nitrogens with zero attached hydrogens (tertiary/aromatic N) is 1. The molecule has 3 fully saturated rings. The summed E-state index contributed by atoms with van der Waals surface area (Å²) in [6.07, 6.45) is 7.42. The topological polar surface area (TPSA) is 15.3 Å². The van der Waals surface area contributed by atoms with Crippen molar-refractivity contribution in [2.75, 3.05) is 32.7 Å². The molecule has 0 aromatic rings. The Bertz CT molecular complexity index is 211. The third-order valence-corrected chi connectivity index (χ3v) is 4.82. The number of hydrogen-bond donors (Lipinski definition) is 1. The van der Waals surface area contributed by atoms with Gasteiger partial charge in [0.1, 0.15) is 0 Å². The molecule has 2 bridgehead atoms. The summed E-state index contributed by atoms with van der Waals surface area (Å²) < 4.78 is 0. The first-order valence-electron chi connectivity index (χ1n) is 6.85. The largest absolute Gasteiger partial charge is 0.316 e. The molecule has 0 amide bonds. The van der Waals surface area contributed by atoms with Gasteiger partial charge in [-0.05, 0) is 76.0 Å². The van der Waals surface area contributed by atoms with Crippen molar-refractivity contribution < 1.29 is 0 Å². The second-order valence-electron chi connectivity index (χ2n) is 5.85. The van der Waals surface area contributed by atoms with E-state index in [-0.39, 0.29) is 0 Å². The van der Waals surface area contributed by atoms with Crippen LogP contribution < -0.4 is 5.32 Å². The predicted molar refractivity (Wildman–Crippen MR) is 62.9 cm³/mol. The first-order chi connectivity index (χ1) is 7.42. The van der Waals surface area contributed by atoms with Gasteiger partial charge < -0.3 is 10.2 Å². The minimum atomic E-state index is 1.00. The third-order valence-electron chi connectivity index (χ3n) is 4.82. The van der Waals surface area contributed by atoms with E-state index in [4.69, 9.17) is 0 Å². The fraction of sp³-hybridized carbons (Fsp3) is 1.00. The third kappa shape index (κ3) is 2.21. The Morgan fingerprint density at radius 3 is 3.00 bits per heavy atom. The Morgan fingerprint density at radius 2 is 2.13 bits per heavy atom. The van der Waals surface area contributed by atoms with Crippen LogP contribution in [0, 0.1) is 17.8 Å². The summed E-state index contributed by atoms with van der Waals surface area (Å²) in [5.41, 5.74) is 0. The monoisotopic (exact) mass is 208 g/mol. The molecule has 0 aromatic heterocycles. The molecule has 4 atom stereocenters. The number of piperidine rings is 2. The lowest BCUT2D eigenvalue weighted by molar-refractivity contribution is 0.0628. The highest BCUT2D eigenvalue weighted by Crippen LogP contribution is 2.36. The highest BCUT2D eigenvalue weighted by atomic mass is 15.1. The maximum Gasteiger partial charge on any atom is 0.00123 e. The van der Waals surface area contributed by atoms with E-state index in [0.717, 1.165) is 17.8 Å². The fourth-order valence-corrected chi connectivity index (χ4v) is 3.92. The zero-order chi connectivity index (χ0) is 10.1. The molecule has 0 radical (unpaired) electrons. The van der Waals surface area contributed by atoms with Gasteiger partial charge in [-0.1, -0.05) is 0 Å². The van der Waals surface area contributed by atoms with Crippen molar-refractivity contribution in [2.45, 2.75) is 32.1 Å². The lowest BCUT2D eigenvalue weighted by Gasteiger charge is -2.43. The lowest BCUT2D eigenvalue weighted by atomic mass is 9.75. The van der Waals surface area contributed by atoms with Crippen LogP contribution in [-0.4, -0.2) is 37.6 Å². The first-order valence-corrected chi connectivity index (χ1v) is 6.85. The van der Waals surface area contributed by atoms with E-state index in [2.05, 4.69) is 10.2 Å². The molecular weight excluding hydrogens is 184 g/mol. The lowest BCUT2D eigenvalue weighted by Crippen LogP contribution is -2.45. The average molecular weight is 208 g/mol. The minimum absolute atomic E-state index is 1.00.